The minimum atomic E-state index is -0.142. The molecule has 8 nitrogen and oxygen atoms in total. The van der Waals surface area contributed by atoms with Crippen molar-refractivity contribution < 1.29 is 19.1 Å². The molecule has 0 N–H and O–H groups in total. The van der Waals surface area contributed by atoms with E-state index >= 15 is 0 Å². The summed E-state index contributed by atoms with van der Waals surface area (Å²) in [5.41, 5.74) is 3.12. The first-order valence-corrected chi connectivity index (χ1v) is 13.7. The zero-order chi connectivity index (χ0) is 26.2. The number of thioether (sulfide) groups is 1. The molecule has 196 valence electrons. The molecule has 0 spiro atoms. The topological polar surface area (TPSA) is 86.5 Å². The van der Waals surface area contributed by atoms with Gasteiger partial charge in [0.1, 0.15) is 5.75 Å². The van der Waals surface area contributed by atoms with Gasteiger partial charge in [-0.05, 0) is 57.4 Å². The van der Waals surface area contributed by atoms with Gasteiger partial charge in [-0.1, -0.05) is 41.6 Å². The smallest absolute Gasteiger partial charge is 0.309 e. The van der Waals surface area contributed by atoms with Gasteiger partial charge in [0.2, 0.25) is 5.91 Å². The van der Waals surface area contributed by atoms with Gasteiger partial charge in [-0.2, -0.15) is 0 Å². The Bertz CT molecular complexity index is 1190. The van der Waals surface area contributed by atoms with Gasteiger partial charge in [-0.3, -0.25) is 14.2 Å². The highest BCUT2D eigenvalue weighted by Crippen LogP contribution is 2.30. The molecule has 9 heteroatoms. The lowest BCUT2D eigenvalue weighted by atomic mass is 9.97. The SMILES string of the molecule is CCOC(=O)C1CCN(C(=O)CCCSc2nnc(-c3ccc(C)cc3)n2-c2ccc(OC)cc2)CC1. The number of hydrogen-bond acceptors (Lipinski definition) is 7. The van der Waals surface area contributed by atoms with Gasteiger partial charge in [-0.15, -0.1) is 10.2 Å². The Labute approximate surface area is 222 Å². The lowest BCUT2D eigenvalue weighted by Crippen LogP contribution is -2.40. The quantitative estimate of drug-likeness (QED) is 0.212. The molecule has 0 aliphatic carbocycles. The number of benzene rings is 2. The van der Waals surface area contributed by atoms with Gasteiger partial charge >= 0.3 is 5.97 Å². The molecule has 1 amide bonds. The van der Waals surface area contributed by atoms with E-state index in [9.17, 15) is 9.59 Å². The van der Waals surface area contributed by atoms with Crippen LogP contribution in [-0.4, -0.2) is 64.1 Å². The largest absolute Gasteiger partial charge is 0.497 e. The molecule has 0 atom stereocenters. The third-order valence-corrected chi connectivity index (χ3v) is 7.52. The standard InChI is InChI=1S/C28H34N4O4S/c1-4-36-27(34)22-15-17-31(18-16-22)25(33)6-5-19-37-28-30-29-26(21-9-7-20(2)8-10-21)32(28)23-11-13-24(35-3)14-12-23/h7-14,22H,4-6,15-19H2,1-3H3. The number of likely N-dealkylation sites (tertiary alicyclic amines) is 1. The van der Waals surface area contributed by atoms with E-state index in [1.807, 2.05) is 36.1 Å². The van der Waals surface area contributed by atoms with Gasteiger partial charge in [-0.25, -0.2) is 0 Å². The van der Waals surface area contributed by atoms with E-state index in [0.29, 0.717) is 39.0 Å². The van der Waals surface area contributed by atoms with Crippen LogP contribution in [0.5, 0.6) is 5.75 Å². The zero-order valence-electron chi connectivity index (χ0n) is 21.7. The summed E-state index contributed by atoms with van der Waals surface area (Å²) in [6, 6.07) is 16.1. The monoisotopic (exact) mass is 522 g/mol. The predicted molar refractivity (Wildman–Crippen MR) is 144 cm³/mol. The van der Waals surface area contributed by atoms with Crippen LogP contribution in [0.15, 0.2) is 53.7 Å². The molecule has 2 aromatic carbocycles. The van der Waals surface area contributed by atoms with Gasteiger partial charge in [0, 0.05) is 36.5 Å². The normalized spacial score (nSPS) is 14.0. The molecule has 1 aromatic heterocycles. The van der Waals surface area contributed by atoms with Crippen LogP contribution in [0.2, 0.25) is 0 Å². The van der Waals surface area contributed by atoms with E-state index in [0.717, 1.165) is 40.2 Å². The maximum absolute atomic E-state index is 12.7. The van der Waals surface area contributed by atoms with E-state index < -0.39 is 0 Å². The van der Waals surface area contributed by atoms with Crippen LogP contribution < -0.4 is 4.74 Å². The maximum Gasteiger partial charge on any atom is 0.309 e. The van der Waals surface area contributed by atoms with Gasteiger partial charge in [0.05, 0.1) is 19.6 Å². The lowest BCUT2D eigenvalue weighted by molar-refractivity contribution is -0.151. The van der Waals surface area contributed by atoms with Gasteiger partial charge in [0.15, 0.2) is 11.0 Å². The van der Waals surface area contributed by atoms with Crippen molar-refractivity contribution in [3.8, 4) is 22.8 Å². The fourth-order valence-corrected chi connectivity index (χ4v) is 5.28. The van der Waals surface area contributed by atoms with E-state index in [1.165, 1.54) is 5.56 Å². The molecule has 0 unspecified atom stereocenters. The second kappa shape index (κ2) is 12.8. The average molecular weight is 523 g/mol. The van der Waals surface area contributed by atoms with E-state index in [-0.39, 0.29) is 17.8 Å². The Balaban J connectivity index is 1.37. The first-order chi connectivity index (χ1) is 18.0. The van der Waals surface area contributed by atoms with Crippen LogP contribution in [0.25, 0.3) is 17.1 Å². The number of carbonyl (C=O) groups is 2. The Morgan fingerprint density at radius 3 is 2.38 bits per heavy atom. The maximum atomic E-state index is 12.7. The summed E-state index contributed by atoms with van der Waals surface area (Å²) in [4.78, 5) is 26.5. The van der Waals surface area contributed by atoms with Crippen molar-refractivity contribution in [2.45, 2.75) is 44.7 Å². The summed E-state index contributed by atoms with van der Waals surface area (Å²) >= 11 is 1.60. The molecule has 37 heavy (non-hydrogen) atoms. The molecule has 4 rings (SSSR count). The summed E-state index contributed by atoms with van der Waals surface area (Å²) < 4.78 is 12.5. The number of ether oxygens (including phenoxy) is 2. The minimum absolute atomic E-state index is 0.0911. The van der Waals surface area contributed by atoms with Gasteiger partial charge in [0.25, 0.3) is 0 Å². The molecule has 0 radical (unpaired) electrons. The van der Waals surface area contributed by atoms with Crippen LogP contribution >= 0.6 is 11.8 Å². The van der Waals surface area contributed by atoms with Crippen LogP contribution in [0.3, 0.4) is 0 Å². The molecule has 0 bridgehead atoms. The highest BCUT2D eigenvalue weighted by atomic mass is 32.2. The number of esters is 1. The highest BCUT2D eigenvalue weighted by molar-refractivity contribution is 7.99. The summed E-state index contributed by atoms with van der Waals surface area (Å²) in [7, 11) is 1.65. The van der Waals surface area contributed by atoms with Crippen LogP contribution in [-0.2, 0) is 14.3 Å². The molecular formula is C28H34N4O4S. The van der Waals surface area contributed by atoms with Crippen molar-refractivity contribution in [1.29, 1.82) is 0 Å². The Hall–Kier alpha value is -3.33. The number of aryl methyl sites for hydroxylation is 1. The molecule has 1 saturated heterocycles. The molecular weight excluding hydrogens is 488 g/mol. The van der Waals surface area contributed by atoms with Crippen molar-refractivity contribution >= 4 is 23.6 Å². The summed E-state index contributed by atoms with van der Waals surface area (Å²) in [6.07, 6.45) is 2.55. The number of rotatable bonds is 10. The van der Waals surface area contributed by atoms with Crippen molar-refractivity contribution in [2.75, 3.05) is 32.6 Å². The third-order valence-electron chi connectivity index (χ3n) is 6.51. The number of hydrogen-bond donors (Lipinski definition) is 0. The van der Waals surface area contributed by atoms with Crippen molar-refractivity contribution in [2.24, 2.45) is 5.92 Å². The second-order valence-corrected chi connectivity index (χ2v) is 10.1. The number of carbonyl (C=O) groups excluding carboxylic acids is 2. The fraction of sp³-hybridized carbons (Fsp3) is 0.429. The fourth-order valence-electron chi connectivity index (χ4n) is 4.39. The highest BCUT2D eigenvalue weighted by Gasteiger charge is 2.28. The lowest BCUT2D eigenvalue weighted by Gasteiger charge is -2.31. The number of amides is 1. The van der Waals surface area contributed by atoms with Gasteiger partial charge < -0.3 is 14.4 Å². The molecule has 2 heterocycles. The molecule has 3 aromatic rings. The van der Waals surface area contributed by atoms with E-state index in [4.69, 9.17) is 9.47 Å². The molecule has 1 aliphatic heterocycles. The average Bonchev–Trinajstić information content (AvgIpc) is 3.35. The Morgan fingerprint density at radius 2 is 1.73 bits per heavy atom. The summed E-state index contributed by atoms with van der Waals surface area (Å²) in [5, 5.41) is 9.77. The van der Waals surface area contributed by atoms with Crippen molar-refractivity contribution in [3.63, 3.8) is 0 Å². The van der Waals surface area contributed by atoms with Crippen molar-refractivity contribution in [3.05, 3.63) is 54.1 Å². The minimum Gasteiger partial charge on any atom is -0.497 e. The molecule has 0 saturated carbocycles. The first kappa shape index (κ1) is 26.7. The molecule has 1 fully saturated rings. The Kier molecular flexibility index (Phi) is 9.22. The second-order valence-electron chi connectivity index (χ2n) is 9.06. The van der Waals surface area contributed by atoms with Crippen LogP contribution in [0.1, 0.15) is 38.2 Å². The number of methoxy groups -OCH3 is 1. The first-order valence-electron chi connectivity index (χ1n) is 12.7. The predicted octanol–water partition coefficient (Wildman–Crippen LogP) is 4.93. The van der Waals surface area contributed by atoms with Crippen LogP contribution in [0.4, 0.5) is 0 Å². The number of piperidine rings is 1. The molecule has 1 aliphatic rings. The van der Waals surface area contributed by atoms with Crippen molar-refractivity contribution in [1.82, 2.24) is 19.7 Å². The van der Waals surface area contributed by atoms with E-state index in [1.54, 1.807) is 18.9 Å². The summed E-state index contributed by atoms with van der Waals surface area (Å²) in [6.45, 7) is 5.50. The van der Waals surface area contributed by atoms with E-state index in [2.05, 4.69) is 46.0 Å². The third kappa shape index (κ3) is 6.71. The number of nitrogens with zero attached hydrogens (tertiary/aromatic N) is 4. The Morgan fingerprint density at radius 1 is 1.03 bits per heavy atom. The van der Waals surface area contributed by atoms with Crippen LogP contribution in [0, 0.1) is 12.8 Å². The summed E-state index contributed by atoms with van der Waals surface area (Å²) in [5.74, 6) is 2.21. The number of aromatic nitrogens is 3. The zero-order valence-corrected chi connectivity index (χ0v) is 22.5.